The summed E-state index contributed by atoms with van der Waals surface area (Å²) >= 11 is 0. The minimum Gasteiger partial charge on any atom is -0.394 e. The number of aromatic nitrogens is 2. The number of hydrogen-bond acceptors (Lipinski definition) is 6. The lowest BCUT2D eigenvalue weighted by Gasteiger charge is -2.16. The first kappa shape index (κ1) is 13.3. The fourth-order valence-corrected chi connectivity index (χ4v) is 1.94. The Morgan fingerprint density at radius 2 is 2.32 bits per heavy atom. The van der Waals surface area contributed by atoms with Crippen LogP contribution in [0, 0.1) is 0 Å². The van der Waals surface area contributed by atoms with E-state index in [0.717, 1.165) is 16.8 Å². The summed E-state index contributed by atoms with van der Waals surface area (Å²) in [5, 5.41) is 22.4. The molecule has 19 heavy (non-hydrogen) atoms. The Morgan fingerprint density at radius 1 is 1.58 bits per heavy atom. The van der Waals surface area contributed by atoms with E-state index in [2.05, 4.69) is 10.0 Å². The predicted molar refractivity (Wildman–Crippen MR) is 61.3 cm³/mol. The molecule has 0 radical (unpaired) electrons. The number of hydrogen-bond donors (Lipinski definition) is 3. The Hall–Kier alpha value is -2.13. The Morgan fingerprint density at radius 3 is 2.89 bits per heavy atom. The van der Waals surface area contributed by atoms with Gasteiger partial charge in [0.15, 0.2) is 6.23 Å². The standard InChI is InChI=1S/C9H11N5O5/c10-13-12-6-4(3-15)19-8(7(6)17)14-2-1-5(16)11-9(14)18/h1-2,4,6-8,15,17H,3H2,(H,11,16,18)/t4-,6?,7?,8-/m0/s1. The maximum atomic E-state index is 11.6. The van der Waals surface area contributed by atoms with Crippen LogP contribution in [-0.4, -0.2) is 44.6 Å². The van der Waals surface area contributed by atoms with Crippen molar-refractivity contribution < 1.29 is 14.9 Å². The largest absolute Gasteiger partial charge is 0.394 e. The van der Waals surface area contributed by atoms with Crippen LogP contribution in [0.15, 0.2) is 27.0 Å². The normalized spacial score (nSPS) is 30.0. The fraction of sp³-hybridized carbons (Fsp3) is 0.556. The Balaban J connectivity index is 2.38. The number of azide groups is 1. The van der Waals surface area contributed by atoms with Crippen molar-refractivity contribution in [3.63, 3.8) is 0 Å². The van der Waals surface area contributed by atoms with E-state index in [1.165, 1.54) is 0 Å². The summed E-state index contributed by atoms with van der Waals surface area (Å²) in [7, 11) is 0. The van der Waals surface area contributed by atoms with Crippen molar-refractivity contribution in [2.24, 2.45) is 5.11 Å². The van der Waals surface area contributed by atoms with E-state index in [-0.39, 0.29) is 0 Å². The number of nitrogens with zero attached hydrogens (tertiary/aromatic N) is 4. The summed E-state index contributed by atoms with van der Waals surface area (Å²) in [6.45, 7) is -0.477. The Labute approximate surface area is 105 Å². The van der Waals surface area contributed by atoms with Crippen molar-refractivity contribution in [3.05, 3.63) is 43.5 Å². The third kappa shape index (κ3) is 2.37. The maximum absolute atomic E-state index is 11.6. The molecule has 10 nitrogen and oxygen atoms in total. The maximum Gasteiger partial charge on any atom is 0.330 e. The molecule has 0 aliphatic carbocycles. The predicted octanol–water partition coefficient (Wildman–Crippen LogP) is -1.53. The van der Waals surface area contributed by atoms with Crippen LogP contribution in [0.25, 0.3) is 10.4 Å². The highest BCUT2D eigenvalue weighted by molar-refractivity contribution is 4.96. The molecular formula is C9H11N5O5. The zero-order valence-corrected chi connectivity index (χ0v) is 9.58. The van der Waals surface area contributed by atoms with Gasteiger partial charge in [0.2, 0.25) is 0 Å². The number of rotatable bonds is 3. The van der Waals surface area contributed by atoms with Crippen LogP contribution >= 0.6 is 0 Å². The molecule has 102 valence electrons. The Kier molecular flexibility index (Phi) is 3.67. The summed E-state index contributed by atoms with van der Waals surface area (Å²) < 4.78 is 6.23. The summed E-state index contributed by atoms with van der Waals surface area (Å²) in [4.78, 5) is 27.1. The number of ether oxygens (including phenoxy) is 1. The third-order valence-electron chi connectivity index (χ3n) is 2.83. The summed E-state index contributed by atoms with van der Waals surface area (Å²) in [6.07, 6.45) is -2.22. The van der Waals surface area contributed by atoms with E-state index in [1.807, 2.05) is 4.98 Å². The van der Waals surface area contributed by atoms with Gasteiger partial charge in [-0.05, 0) is 5.53 Å². The molecule has 0 amide bonds. The van der Waals surface area contributed by atoms with Gasteiger partial charge in [-0.3, -0.25) is 14.3 Å². The lowest BCUT2D eigenvalue weighted by molar-refractivity contribution is -0.0532. The second kappa shape index (κ2) is 5.24. The highest BCUT2D eigenvalue weighted by Crippen LogP contribution is 2.30. The number of nitrogens with one attached hydrogen (secondary N) is 1. The summed E-state index contributed by atoms with van der Waals surface area (Å²) in [5.41, 5.74) is 7.05. The van der Waals surface area contributed by atoms with Gasteiger partial charge in [-0.15, -0.1) is 0 Å². The molecule has 3 N–H and O–H groups in total. The molecule has 0 bridgehead atoms. The van der Waals surface area contributed by atoms with Gasteiger partial charge in [-0.25, -0.2) is 4.79 Å². The third-order valence-corrected chi connectivity index (χ3v) is 2.83. The molecule has 1 aliphatic heterocycles. The monoisotopic (exact) mass is 269 g/mol. The zero-order chi connectivity index (χ0) is 14.0. The van der Waals surface area contributed by atoms with Crippen LogP contribution in [-0.2, 0) is 4.74 Å². The molecule has 2 rings (SSSR count). The van der Waals surface area contributed by atoms with Crippen molar-refractivity contribution >= 4 is 0 Å². The molecule has 0 aromatic carbocycles. The topological polar surface area (TPSA) is 153 Å². The average Bonchev–Trinajstić information content (AvgIpc) is 2.68. The lowest BCUT2D eigenvalue weighted by Crippen LogP contribution is -2.37. The number of aliphatic hydroxyl groups is 2. The molecule has 1 aromatic rings. The lowest BCUT2D eigenvalue weighted by atomic mass is 10.1. The zero-order valence-electron chi connectivity index (χ0n) is 9.58. The van der Waals surface area contributed by atoms with Crippen LogP contribution in [0.4, 0.5) is 0 Å². The van der Waals surface area contributed by atoms with E-state index in [4.69, 9.17) is 15.4 Å². The van der Waals surface area contributed by atoms with E-state index < -0.39 is 42.3 Å². The van der Waals surface area contributed by atoms with Crippen LogP contribution in [0.2, 0.25) is 0 Å². The van der Waals surface area contributed by atoms with Crippen molar-refractivity contribution in [1.82, 2.24) is 9.55 Å². The highest BCUT2D eigenvalue weighted by Gasteiger charge is 2.44. The van der Waals surface area contributed by atoms with Gasteiger partial charge in [0, 0.05) is 17.2 Å². The van der Waals surface area contributed by atoms with Gasteiger partial charge < -0.3 is 14.9 Å². The molecule has 2 heterocycles. The fourth-order valence-electron chi connectivity index (χ4n) is 1.94. The van der Waals surface area contributed by atoms with E-state index in [1.54, 1.807) is 0 Å². The minimum atomic E-state index is -1.31. The SMILES string of the molecule is [N-]=[N+]=NC1C(O)[C@@H](n2ccc(=O)[nH]c2=O)O[C@H]1CO. The number of aromatic amines is 1. The van der Waals surface area contributed by atoms with Gasteiger partial charge in [0.1, 0.15) is 6.10 Å². The quantitative estimate of drug-likeness (QED) is 0.345. The molecule has 1 saturated heterocycles. The van der Waals surface area contributed by atoms with Gasteiger partial charge in [0.05, 0.1) is 18.8 Å². The molecular weight excluding hydrogens is 258 g/mol. The van der Waals surface area contributed by atoms with Crippen molar-refractivity contribution in [3.8, 4) is 0 Å². The van der Waals surface area contributed by atoms with Crippen LogP contribution in [0.1, 0.15) is 6.23 Å². The van der Waals surface area contributed by atoms with E-state index in [9.17, 15) is 14.7 Å². The molecule has 1 fully saturated rings. The minimum absolute atomic E-state index is 0.477. The first-order chi connectivity index (χ1) is 9.08. The molecule has 1 aromatic heterocycles. The number of aliphatic hydroxyl groups excluding tert-OH is 2. The van der Waals surface area contributed by atoms with Crippen molar-refractivity contribution in [2.45, 2.75) is 24.5 Å². The highest BCUT2D eigenvalue weighted by atomic mass is 16.5. The number of H-pyrrole nitrogens is 1. The van der Waals surface area contributed by atoms with Gasteiger partial charge in [-0.2, -0.15) is 0 Å². The van der Waals surface area contributed by atoms with Crippen molar-refractivity contribution in [1.29, 1.82) is 0 Å². The van der Waals surface area contributed by atoms with E-state index >= 15 is 0 Å². The smallest absolute Gasteiger partial charge is 0.330 e. The molecule has 0 saturated carbocycles. The average molecular weight is 269 g/mol. The second-order valence-corrected chi connectivity index (χ2v) is 3.95. The summed E-state index contributed by atoms with van der Waals surface area (Å²) in [6, 6.07) is 0.0746. The Bertz CT molecular complexity index is 618. The second-order valence-electron chi connectivity index (χ2n) is 3.95. The van der Waals surface area contributed by atoms with E-state index in [0.29, 0.717) is 0 Å². The van der Waals surface area contributed by atoms with Crippen LogP contribution in [0.3, 0.4) is 0 Å². The van der Waals surface area contributed by atoms with Gasteiger partial charge >= 0.3 is 5.69 Å². The molecule has 4 atom stereocenters. The first-order valence-corrected chi connectivity index (χ1v) is 5.38. The van der Waals surface area contributed by atoms with Gasteiger partial charge in [0.25, 0.3) is 5.56 Å². The van der Waals surface area contributed by atoms with Crippen molar-refractivity contribution in [2.75, 3.05) is 6.61 Å². The molecule has 1 aliphatic rings. The van der Waals surface area contributed by atoms with Crippen LogP contribution < -0.4 is 11.2 Å². The summed E-state index contributed by atoms with van der Waals surface area (Å²) in [5.74, 6) is 0. The first-order valence-electron chi connectivity index (χ1n) is 5.38. The van der Waals surface area contributed by atoms with Crippen LogP contribution in [0.5, 0.6) is 0 Å². The van der Waals surface area contributed by atoms with Gasteiger partial charge in [-0.1, -0.05) is 5.11 Å². The molecule has 0 spiro atoms. The molecule has 2 unspecified atom stereocenters. The molecule has 10 heteroatoms.